The van der Waals surface area contributed by atoms with Gasteiger partial charge in [-0.25, -0.2) is 14.7 Å². The Balaban J connectivity index is 2.70. The molecular formula is C9H7BrFNO4. The van der Waals surface area contributed by atoms with Crippen LogP contribution in [0, 0.1) is 5.82 Å². The minimum atomic E-state index is -1.24. The fourth-order valence-corrected chi connectivity index (χ4v) is 1.45. The third-order valence-electron chi connectivity index (χ3n) is 1.55. The molecule has 0 aromatic heterocycles. The predicted molar refractivity (Wildman–Crippen MR) is 55.2 cm³/mol. The number of amides is 1. The lowest BCUT2D eigenvalue weighted by Crippen LogP contribution is -2.27. The molecule has 0 aliphatic heterocycles. The number of carboxylic acid groups (broad SMARTS) is 1. The van der Waals surface area contributed by atoms with Gasteiger partial charge in [-0.3, -0.25) is 9.63 Å². The summed E-state index contributed by atoms with van der Waals surface area (Å²) in [6, 6.07) is 4.01. The van der Waals surface area contributed by atoms with Crippen molar-refractivity contribution in [1.29, 1.82) is 0 Å². The molecule has 0 spiro atoms. The number of nitrogens with one attached hydrogen (secondary N) is 1. The lowest BCUT2D eigenvalue weighted by molar-refractivity contribution is -0.144. The van der Waals surface area contributed by atoms with E-state index in [1.165, 1.54) is 12.1 Å². The van der Waals surface area contributed by atoms with Crippen LogP contribution >= 0.6 is 15.9 Å². The molecule has 0 bridgehead atoms. The van der Waals surface area contributed by atoms with Crippen molar-refractivity contribution in [3.63, 3.8) is 0 Å². The van der Waals surface area contributed by atoms with Crippen LogP contribution in [0.3, 0.4) is 0 Å². The number of carboxylic acids is 1. The SMILES string of the molecule is O=C(O)CONC(=O)c1c(F)cccc1Br. The first-order valence-corrected chi connectivity index (χ1v) is 4.89. The van der Waals surface area contributed by atoms with Crippen LogP contribution < -0.4 is 5.48 Å². The second-order valence-corrected chi connectivity index (χ2v) is 3.56. The standard InChI is InChI=1S/C9H7BrFNO4/c10-5-2-1-3-6(11)8(5)9(15)12-16-4-7(13)14/h1-3H,4H2,(H,12,15)(H,13,14). The van der Waals surface area contributed by atoms with Crippen LogP contribution in [-0.4, -0.2) is 23.6 Å². The van der Waals surface area contributed by atoms with Crippen LogP contribution in [0.2, 0.25) is 0 Å². The van der Waals surface area contributed by atoms with Gasteiger partial charge in [0, 0.05) is 4.47 Å². The Kier molecular flexibility index (Phi) is 4.39. The number of hydrogen-bond donors (Lipinski definition) is 2. The molecule has 1 aromatic carbocycles. The van der Waals surface area contributed by atoms with Gasteiger partial charge < -0.3 is 5.11 Å². The molecule has 5 nitrogen and oxygen atoms in total. The smallest absolute Gasteiger partial charge is 0.332 e. The predicted octanol–water partition coefficient (Wildman–Crippen LogP) is 1.33. The first-order valence-electron chi connectivity index (χ1n) is 4.10. The quantitative estimate of drug-likeness (QED) is 0.821. The van der Waals surface area contributed by atoms with Gasteiger partial charge in [0.1, 0.15) is 5.82 Å². The van der Waals surface area contributed by atoms with Crippen molar-refractivity contribution in [3.8, 4) is 0 Å². The zero-order valence-electron chi connectivity index (χ0n) is 7.87. The highest BCUT2D eigenvalue weighted by Crippen LogP contribution is 2.19. The molecule has 0 aliphatic rings. The fraction of sp³-hybridized carbons (Fsp3) is 0.111. The average Bonchev–Trinajstić information content (AvgIpc) is 2.16. The Bertz CT molecular complexity index is 404. The highest BCUT2D eigenvalue weighted by molar-refractivity contribution is 9.10. The minimum absolute atomic E-state index is 0.243. The molecule has 1 amide bonds. The van der Waals surface area contributed by atoms with E-state index < -0.39 is 24.3 Å². The number of rotatable bonds is 4. The zero-order valence-corrected chi connectivity index (χ0v) is 9.45. The number of carbonyl (C=O) groups excluding carboxylic acids is 1. The van der Waals surface area contributed by atoms with Gasteiger partial charge in [0.05, 0.1) is 5.56 Å². The Morgan fingerprint density at radius 3 is 2.75 bits per heavy atom. The number of carbonyl (C=O) groups is 2. The number of halogens is 2. The minimum Gasteiger partial charge on any atom is -0.479 e. The lowest BCUT2D eigenvalue weighted by atomic mass is 10.2. The van der Waals surface area contributed by atoms with E-state index in [2.05, 4.69) is 20.8 Å². The first-order chi connectivity index (χ1) is 7.52. The Morgan fingerprint density at radius 1 is 1.50 bits per heavy atom. The summed E-state index contributed by atoms with van der Waals surface area (Å²) in [5.41, 5.74) is 1.58. The molecule has 2 N–H and O–H groups in total. The molecule has 16 heavy (non-hydrogen) atoms. The number of hydroxylamine groups is 1. The first kappa shape index (κ1) is 12.6. The maximum absolute atomic E-state index is 13.2. The van der Waals surface area contributed by atoms with E-state index in [9.17, 15) is 14.0 Å². The monoisotopic (exact) mass is 291 g/mol. The number of hydrogen-bond acceptors (Lipinski definition) is 3. The van der Waals surface area contributed by atoms with Crippen LogP contribution in [0.5, 0.6) is 0 Å². The van der Waals surface area contributed by atoms with Gasteiger partial charge in [-0.1, -0.05) is 6.07 Å². The summed E-state index contributed by atoms with van der Waals surface area (Å²) in [6.07, 6.45) is 0. The van der Waals surface area contributed by atoms with Gasteiger partial charge in [-0.05, 0) is 28.1 Å². The molecule has 0 radical (unpaired) electrons. The summed E-state index contributed by atoms with van der Waals surface area (Å²) in [5, 5.41) is 8.25. The van der Waals surface area contributed by atoms with Crippen molar-refractivity contribution in [2.75, 3.05) is 6.61 Å². The lowest BCUT2D eigenvalue weighted by Gasteiger charge is -2.06. The molecule has 0 saturated heterocycles. The van der Waals surface area contributed by atoms with Crippen molar-refractivity contribution in [2.45, 2.75) is 0 Å². The Morgan fingerprint density at radius 2 is 2.19 bits per heavy atom. The summed E-state index contributed by atoms with van der Waals surface area (Å²) >= 11 is 3.00. The molecule has 7 heteroatoms. The van der Waals surface area contributed by atoms with Gasteiger partial charge >= 0.3 is 5.97 Å². The van der Waals surface area contributed by atoms with Gasteiger partial charge in [-0.2, -0.15) is 0 Å². The van der Waals surface area contributed by atoms with Crippen LogP contribution in [0.1, 0.15) is 10.4 Å². The molecule has 1 aromatic rings. The van der Waals surface area contributed by atoms with Crippen LogP contribution in [0.4, 0.5) is 4.39 Å². The second kappa shape index (κ2) is 5.57. The Labute approximate surface area is 98.3 Å². The molecular weight excluding hydrogens is 285 g/mol. The van der Waals surface area contributed by atoms with Gasteiger partial charge in [-0.15, -0.1) is 0 Å². The van der Waals surface area contributed by atoms with Gasteiger partial charge in [0.15, 0.2) is 6.61 Å². The van der Waals surface area contributed by atoms with Crippen molar-refractivity contribution in [1.82, 2.24) is 5.48 Å². The van der Waals surface area contributed by atoms with E-state index in [4.69, 9.17) is 5.11 Å². The van der Waals surface area contributed by atoms with Crippen molar-refractivity contribution >= 4 is 27.8 Å². The van der Waals surface area contributed by atoms with E-state index in [0.717, 1.165) is 6.07 Å². The van der Waals surface area contributed by atoms with E-state index in [1.807, 2.05) is 5.48 Å². The van der Waals surface area contributed by atoms with E-state index >= 15 is 0 Å². The maximum atomic E-state index is 13.2. The molecule has 0 saturated carbocycles. The average molecular weight is 292 g/mol. The normalized spacial score (nSPS) is 9.88. The van der Waals surface area contributed by atoms with Crippen LogP contribution in [0.25, 0.3) is 0 Å². The van der Waals surface area contributed by atoms with Crippen molar-refractivity contribution in [2.24, 2.45) is 0 Å². The molecule has 0 aliphatic carbocycles. The Hall–Kier alpha value is -1.47. The largest absolute Gasteiger partial charge is 0.479 e. The van der Waals surface area contributed by atoms with Gasteiger partial charge in [0.25, 0.3) is 5.91 Å². The summed E-state index contributed by atoms with van der Waals surface area (Å²) in [6.45, 7) is -0.697. The molecule has 86 valence electrons. The number of benzene rings is 1. The van der Waals surface area contributed by atoms with E-state index in [0.29, 0.717) is 0 Å². The van der Waals surface area contributed by atoms with E-state index in [-0.39, 0.29) is 10.0 Å². The van der Waals surface area contributed by atoms with E-state index in [1.54, 1.807) is 0 Å². The summed E-state index contributed by atoms with van der Waals surface area (Å²) in [5.74, 6) is -2.83. The zero-order chi connectivity index (χ0) is 12.1. The molecule has 0 atom stereocenters. The summed E-state index contributed by atoms with van der Waals surface area (Å²) in [7, 11) is 0. The fourth-order valence-electron chi connectivity index (χ4n) is 0.929. The van der Waals surface area contributed by atoms with Crippen LogP contribution in [-0.2, 0) is 9.63 Å². The molecule has 0 unspecified atom stereocenters. The molecule has 1 rings (SSSR count). The molecule has 0 fully saturated rings. The second-order valence-electron chi connectivity index (χ2n) is 2.71. The number of aliphatic carboxylic acids is 1. The summed E-state index contributed by atoms with van der Waals surface area (Å²) < 4.78 is 13.5. The third kappa shape index (κ3) is 3.28. The highest BCUT2D eigenvalue weighted by Gasteiger charge is 2.15. The van der Waals surface area contributed by atoms with Crippen molar-refractivity contribution in [3.05, 3.63) is 34.1 Å². The van der Waals surface area contributed by atoms with Gasteiger partial charge in [0.2, 0.25) is 0 Å². The van der Waals surface area contributed by atoms with Crippen molar-refractivity contribution < 1.29 is 23.9 Å². The topological polar surface area (TPSA) is 75.6 Å². The highest BCUT2D eigenvalue weighted by atomic mass is 79.9. The maximum Gasteiger partial charge on any atom is 0.332 e. The molecule has 0 heterocycles. The third-order valence-corrected chi connectivity index (χ3v) is 2.21. The van der Waals surface area contributed by atoms with Crippen LogP contribution in [0.15, 0.2) is 22.7 Å². The summed E-state index contributed by atoms with van der Waals surface area (Å²) in [4.78, 5) is 25.8.